The average Bonchev–Trinajstić information content (AvgIpc) is 2.76. The van der Waals surface area contributed by atoms with Gasteiger partial charge in [0.2, 0.25) is 0 Å². The number of hydrogen-bond donors (Lipinski definition) is 1. The van der Waals surface area contributed by atoms with E-state index >= 15 is 0 Å². The minimum Gasteiger partial charge on any atom is -0.492 e. The first kappa shape index (κ1) is 13.8. The SMILES string of the molecule is O=C(O)C(COc1cccc(Cl)c1)c1ccc(Cl)o1. The maximum Gasteiger partial charge on any atom is 0.317 e. The summed E-state index contributed by atoms with van der Waals surface area (Å²) in [7, 11) is 0. The lowest BCUT2D eigenvalue weighted by molar-refractivity contribution is -0.140. The molecule has 1 unspecified atom stereocenters. The smallest absolute Gasteiger partial charge is 0.317 e. The predicted octanol–water partition coefficient (Wildman–Crippen LogP) is 3.83. The van der Waals surface area contributed by atoms with E-state index in [9.17, 15) is 4.79 Å². The van der Waals surface area contributed by atoms with Crippen LogP contribution in [0.15, 0.2) is 40.8 Å². The number of rotatable bonds is 5. The molecule has 0 fully saturated rings. The fourth-order valence-electron chi connectivity index (χ4n) is 1.53. The number of carboxylic acids is 1. The Hall–Kier alpha value is -1.65. The molecule has 1 N–H and O–H groups in total. The lowest BCUT2D eigenvalue weighted by Gasteiger charge is -2.11. The van der Waals surface area contributed by atoms with E-state index in [4.69, 9.17) is 37.5 Å². The van der Waals surface area contributed by atoms with Crippen LogP contribution < -0.4 is 4.74 Å². The molecule has 4 nitrogen and oxygen atoms in total. The van der Waals surface area contributed by atoms with Crippen molar-refractivity contribution in [2.45, 2.75) is 5.92 Å². The Labute approximate surface area is 119 Å². The second kappa shape index (κ2) is 5.99. The molecule has 0 aliphatic carbocycles. The summed E-state index contributed by atoms with van der Waals surface area (Å²) < 4.78 is 10.5. The third-order valence-corrected chi connectivity index (χ3v) is 2.89. The zero-order chi connectivity index (χ0) is 13.8. The number of carboxylic acid groups (broad SMARTS) is 1. The molecule has 0 spiro atoms. The zero-order valence-corrected chi connectivity index (χ0v) is 11.2. The molecule has 100 valence electrons. The van der Waals surface area contributed by atoms with E-state index in [1.54, 1.807) is 24.3 Å². The molecule has 6 heteroatoms. The molecule has 1 atom stereocenters. The molecule has 0 saturated heterocycles. The Morgan fingerprint density at radius 1 is 1.32 bits per heavy atom. The van der Waals surface area contributed by atoms with Crippen molar-refractivity contribution < 1.29 is 19.1 Å². The molecule has 2 rings (SSSR count). The number of aliphatic carboxylic acids is 1. The maximum absolute atomic E-state index is 11.2. The molecule has 1 aromatic carbocycles. The number of hydrogen-bond acceptors (Lipinski definition) is 3. The Bertz CT molecular complexity index is 580. The number of furan rings is 1. The van der Waals surface area contributed by atoms with Gasteiger partial charge < -0.3 is 14.3 Å². The van der Waals surface area contributed by atoms with Crippen LogP contribution >= 0.6 is 23.2 Å². The van der Waals surface area contributed by atoms with Crippen LogP contribution in [0.2, 0.25) is 10.2 Å². The van der Waals surface area contributed by atoms with Gasteiger partial charge in [-0.2, -0.15) is 0 Å². The molecular formula is C13H10Cl2O4. The fourth-order valence-corrected chi connectivity index (χ4v) is 1.86. The lowest BCUT2D eigenvalue weighted by Crippen LogP contribution is -2.18. The van der Waals surface area contributed by atoms with E-state index in [-0.39, 0.29) is 17.6 Å². The first-order valence-electron chi connectivity index (χ1n) is 5.42. The van der Waals surface area contributed by atoms with Crippen molar-refractivity contribution in [3.05, 3.63) is 52.4 Å². The molecule has 0 radical (unpaired) electrons. The fraction of sp³-hybridized carbons (Fsp3) is 0.154. The van der Waals surface area contributed by atoms with Crippen molar-refractivity contribution >= 4 is 29.2 Å². The van der Waals surface area contributed by atoms with E-state index in [1.165, 1.54) is 12.1 Å². The van der Waals surface area contributed by atoms with Crippen LogP contribution in [0, 0.1) is 0 Å². The van der Waals surface area contributed by atoms with Gasteiger partial charge in [0.1, 0.15) is 24.0 Å². The average molecular weight is 301 g/mol. The van der Waals surface area contributed by atoms with Gasteiger partial charge in [0.15, 0.2) is 5.22 Å². The molecule has 1 heterocycles. The predicted molar refractivity (Wildman–Crippen MR) is 71.0 cm³/mol. The van der Waals surface area contributed by atoms with E-state index in [1.807, 2.05) is 0 Å². The summed E-state index contributed by atoms with van der Waals surface area (Å²) in [5, 5.41) is 9.82. The summed E-state index contributed by atoms with van der Waals surface area (Å²) in [6.07, 6.45) is 0. The Morgan fingerprint density at radius 3 is 2.68 bits per heavy atom. The third-order valence-electron chi connectivity index (χ3n) is 2.45. The minimum absolute atomic E-state index is 0.0699. The van der Waals surface area contributed by atoms with Gasteiger partial charge in [-0.25, -0.2) is 0 Å². The number of carbonyl (C=O) groups is 1. The number of ether oxygens (including phenoxy) is 1. The normalized spacial score (nSPS) is 12.1. The number of halogens is 2. The van der Waals surface area contributed by atoms with E-state index in [0.717, 1.165) is 0 Å². The van der Waals surface area contributed by atoms with Crippen LogP contribution in [0.4, 0.5) is 0 Å². The molecule has 0 aliphatic heterocycles. The van der Waals surface area contributed by atoms with E-state index in [0.29, 0.717) is 10.8 Å². The molecular weight excluding hydrogens is 291 g/mol. The standard InChI is InChI=1S/C13H10Cl2O4/c14-8-2-1-3-9(6-8)18-7-10(13(16)17)11-4-5-12(15)19-11/h1-6,10H,7H2,(H,16,17). The largest absolute Gasteiger partial charge is 0.492 e. The number of benzene rings is 1. The summed E-state index contributed by atoms with van der Waals surface area (Å²) in [5.41, 5.74) is 0. The highest BCUT2D eigenvalue weighted by Gasteiger charge is 2.24. The van der Waals surface area contributed by atoms with E-state index in [2.05, 4.69) is 0 Å². The monoisotopic (exact) mass is 300 g/mol. The molecule has 1 aromatic heterocycles. The summed E-state index contributed by atoms with van der Waals surface area (Å²) in [4.78, 5) is 11.2. The lowest BCUT2D eigenvalue weighted by atomic mass is 10.1. The van der Waals surface area contributed by atoms with Gasteiger partial charge >= 0.3 is 5.97 Å². The Kier molecular flexibility index (Phi) is 4.35. The Morgan fingerprint density at radius 2 is 2.11 bits per heavy atom. The molecule has 0 bridgehead atoms. The van der Waals surface area contributed by atoms with Gasteiger partial charge in [0.25, 0.3) is 0 Å². The van der Waals surface area contributed by atoms with Gasteiger partial charge in [0, 0.05) is 5.02 Å². The van der Waals surface area contributed by atoms with Crippen LogP contribution in [0.25, 0.3) is 0 Å². The van der Waals surface area contributed by atoms with Crippen LogP contribution in [0.3, 0.4) is 0 Å². The second-order valence-corrected chi connectivity index (χ2v) is 4.61. The molecule has 19 heavy (non-hydrogen) atoms. The summed E-state index contributed by atoms with van der Waals surface area (Å²) >= 11 is 11.4. The van der Waals surface area contributed by atoms with Gasteiger partial charge in [-0.15, -0.1) is 0 Å². The summed E-state index contributed by atoms with van der Waals surface area (Å²) in [6.45, 7) is -0.0699. The highest BCUT2D eigenvalue weighted by atomic mass is 35.5. The van der Waals surface area contributed by atoms with Crippen molar-refractivity contribution in [2.24, 2.45) is 0 Å². The zero-order valence-electron chi connectivity index (χ0n) is 9.68. The van der Waals surface area contributed by atoms with Crippen molar-refractivity contribution in [1.29, 1.82) is 0 Å². The highest BCUT2D eigenvalue weighted by molar-refractivity contribution is 6.30. The summed E-state index contributed by atoms with van der Waals surface area (Å²) in [6, 6.07) is 9.73. The van der Waals surface area contributed by atoms with Gasteiger partial charge in [-0.05, 0) is 41.9 Å². The first-order chi connectivity index (χ1) is 9.06. The van der Waals surface area contributed by atoms with Crippen molar-refractivity contribution in [3.8, 4) is 5.75 Å². The van der Waals surface area contributed by atoms with E-state index < -0.39 is 11.9 Å². The van der Waals surface area contributed by atoms with Gasteiger partial charge in [0.05, 0.1) is 0 Å². The topological polar surface area (TPSA) is 59.7 Å². The van der Waals surface area contributed by atoms with Crippen molar-refractivity contribution in [1.82, 2.24) is 0 Å². The molecule has 0 amide bonds. The maximum atomic E-state index is 11.2. The Balaban J connectivity index is 2.08. The first-order valence-corrected chi connectivity index (χ1v) is 6.18. The summed E-state index contributed by atoms with van der Waals surface area (Å²) in [5.74, 6) is -1.23. The van der Waals surface area contributed by atoms with Gasteiger partial charge in [-0.3, -0.25) is 4.79 Å². The minimum atomic E-state index is -1.05. The second-order valence-electron chi connectivity index (χ2n) is 3.80. The quantitative estimate of drug-likeness (QED) is 0.911. The molecule has 2 aromatic rings. The molecule has 0 saturated carbocycles. The van der Waals surface area contributed by atoms with Crippen LogP contribution in [0.5, 0.6) is 5.75 Å². The van der Waals surface area contributed by atoms with Crippen molar-refractivity contribution in [3.63, 3.8) is 0 Å². The highest BCUT2D eigenvalue weighted by Crippen LogP contribution is 2.24. The third kappa shape index (κ3) is 3.66. The van der Waals surface area contributed by atoms with Crippen LogP contribution in [0.1, 0.15) is 11.7 Å². The van der Waals surface area contributed by atoms with Crippen LogP contribution in [-0.4, -0.2) is 17.7 Å². The van der Waals surface area contributed by atoms with Gasteiger partial charge in [-0.1, -0.05) is 17.7 Å². The molecule has 0 aliphatic rings. The van der Waals surface area contributed by atoms with Crippen molar-refractivity contribution in [2.75, 3.05) is 6.61 Å². The van der Waals surface area contributed by atoms with Crippen LogP contribution in [-0.2, 0) is 4.79 Å².